The van der Waals surface area contributed by atoms with Gasteiger partial charge in [-0.3, -0.25) is 9.10 Å². The van der Waals surface area contributed by atoms with Gasteiger partial charge in [0, 0.05) is 6.54 Å². The minimum atomic E-state index is -1.30. The number of benzene rings is 1. The van der Waals surface area contributed by atoms with Crippen molar-refractivity contribution in [2.75, 3.05) is 6.54 Å². The van der Waals surface area contributed by atoms with Crippen molar-refractivity contribution in [3.05, 3.63) is 29.8 Å². The minimum absolute atomic E-state index is 0.102. The molecule has 0 saturated heterocycles. The predicted molar refractivity (Wildman–Crippen MR) is 63.3 cm³/mol. The number of fused-ring (bicyclic) bond motifs is 1. The van der Waals surface area contributed by atoms with E-state index < -0.39 is 11.0 Å². The Balaban J connectivity index is 2.22. The highest BCUT2D eigenvalue weighted by atomic mass is 32.2. The zero-order valence-corrected chi connectivity index (χ0v) is 10.3. The highest BCUT2D eigenvalue weighted by molar-refractivity contribution is 7.84. The molecular formula is C12H15NO2S. The zero-order valence-electron chi connectivity index (χ0n) is 9.47. The van der Waals surface area contributed by atoms with Gasteiger partial charge in [-0.2, -0.15) is 0 Å². The molecule has 1 unspecified atom stereocenters. The number of rotatable bonds is 3. The van der Waals surface area contributed by atoms with Gasteiger partial charge in [-0.25, -0.2) is 4.21 Å². The Hall–Kier alpha value is -1.16. The number of carbonyl (C=O) groups excluding carboxylic acids is 1. The summed E-state index contributed by atoms with van der Waals surface area (Å²) in [4.78, 5) is 12.6. The van der Waals surface area contributed by atoms with Gasteiger partial charge in [-0.1, -0.05) is 26.0 Å². The Bertz CT molecular complexity index is 407. The molecule has 0 spiro atoms. The molecule has 1 heterocycles. The minimum Gasteiger partial charge on any atom is -0.268 e. The molecule has 1 amide bonds. The summed E-state index contributed by atoms with van der Waals surface area (Å²) in [6, 6.07) is 7.12. The molecule has 0 aliphatic carbocycles. The molecule has 1 aromatic carbocycles. The molecule has 1 aromatic rings. The third kappa shape index (κ3) is 1.89. The van der Waals surface area contributed by atoms with Crippen LogP contribution in [-0.2, 0) is 11.0 Å². The van der Waals surface area contributed by atoms with Crippen LogP contribution >= 0.6 is 0 Å². The predicted octanol–water partition coefficient (Wildman–Crippen LogP) is 2.21. The maximum Gasteiger partial charge on any atom is 0.267 e. The number of hydrogen-bond acceptors (Lipinski definition) is 2. The van der Waals surface area contributed by atoms with Crippen LogP contribution in [0.2, 0.25) is 0 Å². The van der Waals surface area contributed by atoms with Crippen LogP contribution in [0.3, 0.4) is 0 Å². The molecule has 1 atom stereocenters. The van der Waals surface area contributed by atoms with E-state index in [1.807, 2.05) is 6.07 Å². The number of amides is 1. The summed E-state index contributed by atoms with van der Waals surface area (Å²) in [5.41, 5.74) is 0.588. The summed E-state index contributed by atoms with van der Waals surface area (Å²) in [6.45, 7) is 4.75. The van der Waals surface area contributed by atoms with Gasteiger partial charge in [0.25, 0.3) is 5.91 Å². The number of nitrogens with zero attached hydrogens (tertiary/aromatic N) is 1. The first-order valence-electron chi connectivity index (χ1n) is 5.44. The second-order valence-corrected chi connectivity index (χ2v) is 5.71. The lowest BCUT2D eigenvalue weighted by molar-refractivity contribution is 0.0871. The monoisotopic (exact) mass is 237 g/mol. The topological polar surface area (TPSA) is 37.4 Å². The van der Waals surface area contributed by atoms with Crippen molar-refractivity contribution < 1.29 is 9.00 Å². The Morgan fingerprint density at radius 1 is 1.31 bits per heavy atom. The van der Waals surface area contributed by atoms with Gasteiger partial charge in [0.05, 0.1) is 10.5 Å². The van der Waals surface area contributed by atoms with Crippen LogP contribution in [0.15, 0.2) is 29.2 Å². The lowest BCUT2D eigenvalue weighted by Crippen LogP contribution is -2.28. The quantitative estimate of drug-likeness (QED) is 0.808. The fourth-order valence-corrected chi connectivity index (χ4v) is 2.98. The first-order valence-corrected chi connectivity index (χ1v) is 6.54. The Kier molecular flexibility index (Phi) is 3.10. The highest BCUT2D eigenvalue weighted by Crippen LogP contribution is 2.26. The third-order valence-electron chi connectivity index (χ3n) is 2.64. The van der Waals surface area contributed by atoms with E-state index in [0.717, 1.165) is 6.42 Å². The van der Waals surface area contributed by atoms with E-state index in [1.165, 1.54) is 4.31 Å². The Morgan fingerprint density at radius 2 is 2.00 bits per heavy atom. The van der Waals surface area contributed by atoms with Crippen molar-refractivity contribution >= 4 is 16.9 Å². The van der Waals surface area contributed by atoms with Gasteiger partial charge in [0.1, 0.15) is 0 Å². The molecule has 2 rings (SSSR count). The molecule has 0 radical (unpaired) electrons. The second-order valence-electron chi connectivity index (χ2n) is 4.34. The normalized spacial score (nSPS) is 19.3. The van der Waals surface area contributed by atoms with Crippen molar-refractivity contribution in [3.8, 4) is 0 Å². The van der Waals surface area contributed by atoms with Crippen LogP contribution in [0, 0.1) is 5.92 Å². The molecular weight excluding hydrogens is 222 g/mol. The van der Waals surface area contributed by atoms with Crippen molar-refractivity contribution in [3.63, 3.8) is 0 Å². The van der Waals surface area contributed by atoms with E-state index in [-0.39, 0.29) is 5.91 Å². The van der Waals surface area contributed by atoms with Crippen molar-refractivity contribution in [2.45, 2.75) is 25.2 Å². The molecule has 4 heteroatoms. The average Bonchev–Trinajstić information content (AvgIpc) is 2.50. The van der Waals surface area contributed by atoms with E-state index in [9.17, 15) is 9.00 Å². The summed E-state index contributed by atoms with van der Waals surface area (Å²) < 4.78 is 13.5. The average molecular weight is 237 g/mol. The van der Waals surface area contributed by atoms with Crippen LogP contribution in [0.5, 0.6) is 0 Å². The zero-order chi connectivity index (χ0) is 11.7. The summed E-state index contributed by atoms with van der Waals surface area (Å²) in [5.74, 6) is 0.406. The molecule has 3 nitrogen and oxygen atoms in total. The molecule has 86 valence electrons. The lowest BCUT2D eigenvalue weighted by atomic mass is 10.1. The van der Waals surface area contributed by atoms with E-state index in [0.29, 0.717) is 22.9 Å². The number of carbonyl (C=O) groups is 1. The molecule has 16 heavy (non-hydrogen) atoms. The maximum atomic E-state index is 12.0. The molecule has 0 aromatic heterocycles. The SMILES string of the molecule is CC(C)CCN1C(=O)c2ccccc2S1=O. The fourth-order valence-electron chi connectivity index (χ4n) is 1.68. The Labute approximate surface area is 98.0 Å². The van der Waals surface area contributed by atoms with Gasteiger partial charge in [0.15, 0.2) is 11.0 Å². The van der Waals surface area contributed by atoms with Crippen LogP contribution < -0.4 is 0 Å². The van der Waals surface area contributed by atoms with Crippen LogP contribution in [0.1, 0.15) is 30.6 Å². The molecule has 0 saturated carbocycles. The molecule has 0 N–H and O–H groups in total. The van der Waals surface area contributed by atoms with Gasteiger partial charge >= 0.3 is 0 Å². The van der Waals surface area contributed by atoms with Crippen molar-refractivity contribution in [1.82, 2.24) is 4.31 Å². The summed E-state index contributed by atoms with van der Waals surface area (Å²) in [6.07, 6.45) is 0.880. The molecule has 1 aliphatic rings. The van der Waals surface area contributed by atoms with Gasteiger partial charge < -0.3 is 0 Å². The maximum absolute atomic E-state index is 12.0. The second kappa shape index (κ2) is 4.37. The Morgan fingerprint density at radius 3 is 2.62 bits per heavy atom. The molecule has 1 aliphatic heterocycles. The standard InChI is InChI=1S/C12H15NO2S/c1-9(2)7-8-13-12(14)10-5-3-4-6-11(10)16(13)15/h3-6,9H,7-8H2,1-2H3. The summed E-state index contributed by atoms with van der Waals surface area (Å²) in [7, 11) is -1.30. The van der Waals surface area contributed by atoms with E-state index in [2.05, 4.69) is 13.8 Å². The first kappa shape index (κ1) is 11.3. The fraction of sp³-hybridized carbons (Fsp3) is 0.417. The summed E-state index contributed by atoms with van der Waals surface area (Å²) in [5, 5.41) is 0. The van der Waals surface area contributed by atoms with Gasteiger partial charge in [-0.15, -0.1) is 0 Å². The smallest absolute Gasteiger partial charge is 0.267 e. The van der Waals surface area contributed by atoms with Gasteiger partial charge in [0.2, 0.25) is 0 Å². The van der Waals surface area contributed by atoms with E-state index in [4.69, 9.17) is 0 Å². The lowest BCUT2D eigenvalue weighted by Gasteiger charge is -2.14. The molecule has 0 bridgehead atoms. The summed E-state index contributed by atoms with van der Waals surface area (Å²) >= 11 is 0. The first-order chi connectivity index (χ1) is 7.61. The highest BCUT2D eigenvalue weighted by Gasteiger charge is 2.33. The third-order valence-corrected chi connectivity index (χ3v) is 4.12. The van der Waals surface area contributed by atoms with Crippen LogP contribution in [0.25, 0.3) is 0 Å². The largest absolute Gasteiger partial charge is 0.268 e. The van der Waals surface area contributed by atoms with Crippen molar-refractivity contribution in [1.29, 1.82) is 0 Å². The van der Waals surface area contributed by atoms with E-state index in [1.54, 1.807) is 18.2 Å². The van der Waals surface area contributed by atoms with E-state index >= 15 is 0 Å². The number of hydrogen-bond donors (Lipinski definition) is 0. The molecule has 0 fully saturated rings. The van der Waals surface area contributed by atoms with Gasteiger partial charge in [-0.05, 0) is 24.5 Å². The van der Waals surface area contributed by atoms with Crippen LogP contribution in [0.4, 0.5) is 0 Å². The van der Waals surface area contributed by atoms with Crippen molar-refractivity contribution in [2.24, 2.45) is 5.92 Å². The van der Waals surface area contributed by atoms with Crippen LogP contribution in [-0.4, -0.2) is 21.0 Å².